The van der Waals surface area contributed by atoms with Crippen molar-refractivity contribution in [2.75, 3.05) is 36.0 Å². The maximum absolute atomic E-state index is 11.1. The monoisotopic (exact) mass is 538 g/mol. The second kappa shape index (κ2) is 13.5. The van der Waals surface area contributed by atoms with E-state index in [4.69, 9.17) is 5.73 Å². The lowest BCUT2D eigenvalue weighted by Crippen LogP contribution is -2.43. The second-order valence-corrected chi connectivity index (χ2v) is 10.6. The second-order valence-electron chi connectivity index (χ2n) is 10.6. The molecule has 6 rings (SSSR count). The van der Waals surface area contributed by atoms with Crippen molar-refractivity contribution >= 4 is 28.5 Å². The number of rotatable bonds is 6. The Morgan fingerprint density at radius 3 is 1.41 bits per heavy atom. The number of carbonyl (C=O) groups excluding carboxylic acids is 1. The molecular weight excluding hydrogens is 500 g/mol. The van der Waals surface area contributed by atoms with Crippen LogP contribution in [0, 0.1) is 20.2 Å². The Labute approximate surface area is 228 Å². The Kier molecular flexibility index (Phi) is 9.83. The zero-order chi connectivity index (χ0) is 27.8. The molecule has 2 aliphatic carbocycles. The summed E-state index contributed by atoms with van der Waals surface area (Å²) in [6.07, 6.45) is 8.65. The summed E-state index contributed by atoms with van der Waals surface area (Å²) in [4.78, 5) is 35.8. The van der Waals surface area contributed by atoms with Gasteiger partial charge in [-0.15, -0.1) is 0 Å². The number of carbonyl (C=O) groups is 1. The zero-order valence-corrected chi connectivity index (χ0v) is 22.2. The number of benzene rings is 2. The van der Waals surface area contributed by atoms with Gasteiger partial charge in [-0.3, -0.25) is 25.0 Å². The molecule has 2 heterocycles. The molecule has 0 spiro atoms. The molecule has 0 radical (unpaired) electrons. The minimum absolute atomic E-state index is 0.0943. The van der Waals surface area contributed by atoms with Gasteiger partial charge in [0.1, 0.15) is 5.78 Å². The largest absolute Gasteiger partial charge is 0.371 e. The van der Waals surface area contributed by atoms with Crippen LogP contribution in [-0.2, 0) is 4.79 Å². The Morgan fingerprint density at radius 2 is 1.05 bits per heavy atom. The maximum Gasteiger partial charge on any atom is 0.269 e. The Bertz CT molecular complexity index is 1100. The predicted octanol–water partition coefficient (Wildman–Crippen LogP) is 4.19. The van der Waals surface area contributed by atoms with Gasteiger partial charge in [0.2, 0.25) is 0 Å². The molecule has 2 aliphatic heterocycles. The van der Waals surface area contributed by atoms with Crippen LogP contribution in [0.25, 0.3) is 0 Å². The van der Waals surface area contributed by atoms with Gasteiger partial charge < -0.3 is 20.9 Å². The van der Waals surface area contributed by atoms with Crippen molar-refractivity contribution in [2.45, 2.75) is 69.5 Å². The van der Waals surface area contributed by atoms with Crippen molar-refractivity contribution in [3.05, 3.63) is 68.8 Å². The predicted molar refractivity (Wildman–Crippen MR) is 151 cm³/mol. The van der Waals surface area contributed by atoms with Crippen molar-refractivity contribution in [3.8, 4) is 0 Å². The molecule has 2 aromatic rings. The summed E-state index contributed by atoms with van der Waals surface area (Å²) in [5, 5.41) is 24.8. The molecular formula is C28H38N6O5. The number of ketones is 1. The minimum Gasteiger partial charge on any atom is -0.371 e. The van der Waals surface area contributed by atoms with E-state index in [1.807, 2.05) is 12.1 Å². The summed E-state index contributed by atoms with van der Waals surface area (Å²) in [6.45, 7) is 3.47. The molecule has 4 aliphatic rings. The van der Waals surface area contributed by atoms with Gasteiger partial charge in [-0.05, 0) is 62.8 Å². The summed E-state index contributed by atoms with van der Waals surface area (Å²) in [5.41, 5.74) is 7.51. The number of piperidine rings is 2. The molecule has 2 saturated heterocycles. The number of non-ortho nitro benzene ring substituents is 2. The van der Waals surface area contributed by atoms with Crippen molar-refractivity contribution < 1.29 is 14.6 Å². The lowest BCUT2D eigenvalue weighted by molar-refractivity contribution is -0.385. The number of hydrogen-bond donors (Lipinski definition) is 2. The van der Waals surface area contributed by atoms with Crippen LogP contribution in [-0.4, -0.2) is 59.9 Å². The number of nitro benzene ring substituents is 2. The molecule has 0 unspecified atom stereocenters. The lowest BCUT2D eigenvalue weighted by Gasteiger charge is -2.34. The van der Waals surface area contributed by atoms with Crippen molar-refractivity contribution in [1.29, 1.82) is 0 Å². The van der Waals surface area contributed by atoms with Gasteiger partial charge in [0.15, 0.2) is 0 Å². The number of nitrogens with zero attached hydrogens (tertiary/aromatic N) is 4. The third-order valence-electron chi connectivity index (χ3n) is 7.34. The first kappa shape index (κ1) is 28.4. The molecule has 11 nitrogen and oxygen atoms in total. The molecule has 0 aromatic heterocycles. The van der Waals surface area contributed by atoms with Gasteiger partial charge in [0.05, 0.1) is 9.85 Å². The molecule has 0 atom stereocenters. The van der Waals surface area contributed by atoms with Gasteiger partial charge in [-0.1, -0.05) is 0 Å². The normalized spacial score (nSPS) is 19.4. The molecule has 4 fully saturated rings. The van der Waals surface area contributed by atoms with Crippen LogP contribution >= 0.6 is 0 Å². The molecule has 11 heteroatoms. The van der Waals surface area contributed by atoms with E-state index in [1.165, 1.54) is 37.8 Å². The highest BCUT2D eigenvalue weighted by Gasteiger charge is 2.27. The zero-order valence-electron chi connectivity index (χ0n) is 22.2. The molecule has 2 aromatic carbocycles. The van der Waals surface area contributed by atoms with E-state index in [2.05, 4.69) is 15.1 Å². The fraction of sp³-hybridized carbons (Fsp3) is 0.536. The van der Waals surface area contributed by atoms with Crippen molar-refractivity contribution in [3.63, 3.8) is 0 Å². The van der Waals surface area contributed by atoms with Gasteiger partial charge in [0, 0.05) is 92.8 Å². The Hall–Kier alpha value is -3.57. The highest BCUT2D eigenvalue weighted by molar-refractivity contribution is 5.81. The number of hydrogen-bond acceptors (Lipinski definition) is 9. The number of nitro groups is 2. The van der Waals surface area contributed by atoms with E-state index in [0.717, 1.165) is 43.3 Å². The molecule has 2 saturated carbocycles. The summed E-state index contributed by atoms with van der Waals surface area (Å²) >= 11 is 0. The molecule has 0 amide bonds. The molecule has 3 N–H and O–H groups in total. The average molecular weight is 539 g/mol. The first-order chi connectivity index (χ1) is 18.8. The van der Waals surface area contributed by atoms with Crippen LogP contribution < -0.4 is 20.9 Å². The fourth-order valence-electron chi connectivity index (χ4n) is 4.57. The third-order valence-corrected chi connectivity index (χ3v) is 7.34. The number of anilines is 2. The van der Waals surface area contributed by atoms with Crippen LogP contribution in [0.15, 0.2) is 48.5 Å². The molecule has 0 bridgehead atoms. The van der Waals surface area contributed by atoms with Gasteiger partial charge in [-0.2, -0.15) is 0 Å². The number of Topliss-reactive ketones (excluding diaryl/α,β-unsaturated/α-hetero) is 1. The van der Waals surface area contributed by atoms with Crippen LogP contribution in [0.5, 0.6) is 0 Å². The Balaban J connectivity index is 0.000000160. The topological polar surface area (TPSA) is 148 Å². The first-order valence-electron chi connectivity index (χ1n) is 13.8. The standard InChI is InChI=1S/C14H19N3O2.C11H12N2O3.C3H7N/c18-17(19)14-5-3-13(4-6-14)16-9-7-12(8-10-16)15-11-1-2-11;14-11-5-7-12(8-6-11)9-1-3-10(4-2-9)13(15)16;4-3-1-2-3/h3-6,11-12,15H,1-2,7-10H2;1-4H,5-8H2;3H,1-2,4H2. The molecule has 210 valence electrons. The third kappa shape index (κ3) is 9.29. The van der Waals surface area contributed by atoms with Crippen LogP contribution in [0.4, 0.5) is 22.7 Å². The highest BCUT2D eigenvalue weighted by atomic mass is 16.6. The van der Waals surface area contributed by atoms with Gasteiger partial charge >= 0.3 is 0 Å². The maximum atomic E-state index is 11.1. The van der Waals surface area contributed by atoms with E-state index in [-0.39, 0.29) is 22.1 Å². The summed E-state index contributed by atoms with van der Waals surface area (Å²) < 4.78 is 0. The van der Waals surface area contributed by atoms with E-state index in [9.17, 15) is 25.0 Å². The quantitative estimate of drug-likeness (QED) is 0.408. The SMILES string of the molecule is NC1CC1.O=C1CCN(c2ccc([N+](=O)[O-])cc2)CC1.O=[N+]([O-])c1ccc(N2CCC(NC3CC3)CC2)cc1. The van der Waals surface area contributed by atoms with Gasteiger partial charge in [-0.25, -0.2) is 0 Å². The summed E-state index contributed by atoms with van der Waals surface area (Å²) in [5.74, 6) is 0.290. The fourth-order valence-corrected chi connectivity index (χ4v) is 4.57. The van der Waals surface area contributed by atoms with Crippen LogP contribution in [0.3, 0.4) is 0 Å². The average Bonchev–Trinajstić information content (AvgIpc) is 3.89. The number of nitrogens with one attached hydrogen (secondary N) is 1. The first-order valence-corrected chi connectivity index (χ1v) is 13.8. The van der Waals surface area contributed by atoms with Crippen molar-refractivity contribution in [2.24, 2.45) is 5.73 Å². The summed E-state index contributed by atoms with van der Waals surface area (Å²) in [6, 6.07) is 15.3. The van der Waals surface area contributed by atoms with Gasteiger partial charge in [0.25, 0.3) is 11.4 Å². The number of nitrogens with two attached hydrogens (primary N) is 1. The Morgan fingerprint density at radius 1 is 0.667 bits per heavy atom. The highest BCUT2D eigenvalue weighted by Crippen LogP contribution is 2.26. The van der Waals surface area contributed by atoms with Crippen molar-refractivity contribution in [1.82, 2.24) is 5.32 Å². The van der Waals surface area contributed by atoms with E-state index >= 15 is 0 Å². The van der Waals surface area contributed by atoms with E-state index < -0.39 is 4.92 Å². The van der Waals surface area contributed by atoms with Crippen LogP contribution in [0.2, 0.25) is 0 Å². The molecule has 39 heavy (non-hydrogen) atoms. The van der Waals surface area contributed by atoms with E-state index in [0.29, 0.717) is 38.0 Å². The van der Waals surface area contributed by atoms with Crippen LogP contribution in [0.1, 0.15) is 51.4 Å². The summed E-state index contributed by atoms with van der Waals surface area (Å²) in [7, 11) is 0. The lowest BCUT2D eigenvalue weighted by atomic mass is 10.0. The van der Waals surface area contributed by atoms with E-state index in [1.54, 1.807) is 24.3 Å². The smallest absolute Gasteiger partial charge is 0.269 e. The minimum atomic E-state index is -0.413.